The lowest BCUT2D eigenvalue weighted by atomic mass is 9.92. The lowest BCUT2D eigenvalue weighted by molar-refractivity contribution is -0.137. The molecule has 1 aromatic rings. The van der Waals surface area contributed by atoms with Crippen LogP contribution in [-0.4, -0.2) is 56.2 Å². The summed E-state index contributed by atoms with van der Waals surface area (Å²) in [5.74, 6) is 0.435. The molecular formula is C19H24F3N3O2. The van der Waals surface area contributed by atoms with E-state index in [1.54, 1.807) is 0 Å². The van der Waals surface area contributed by atoms with Crippen LogP contribution in [0, 0.1) is 5.92 Å². The van der Waals surface area contributed by atoms with Crippen LogP contribution in [0.5, 0.6) is 0 Å². The normalized spacial score (nSPS) is 25.8. The van der Waals surface area contributed by atoms with Gasteiger partial charge in [0.2, 0.25) is 5.91 Å². The first-order valence-corrected chi connectivity index (χ1v) is 9.49. The Morgan fingerprint density at radius 1 is 1.22 bits per heavy atom. The first-order valence-electron chi connectivity index (χ1n) is 9.49. The van der Waals surface area contributed by atoms with E-state index in [9.17, 15) is 18.0 Å². The first kappa shape index (κ1) is 18.6. The number of benzene rings is 1. The quantitative estimate of drug-likeness (QED) is 0.868. The van der Waals surface area contributed by atoms with Crippen LogP contribution in [0.2, 0.25) is 0 Å². The van der Waals surface area contributed by atoms with E-state index in [2.05, 4.69) is 10.2 Å². The number of carbonyl (C=O) groups excluding carboxylic acids is 1. The van der Waals surface area contributed by atoms with Crippen LogP contribution < -0.4 is 10.2 Å². The molecule has 1 amide bonds. The third-order valence-electron chi connectivity index (χ3n) is 5.85. The summed E-state index contributed by atoms with van der Waals surface area (Å²) >= 11 is 0. The summed E-state index contributed by atoms with van der Waals surface area (Å²) < 4.78 is 44.8. The van der Waals surface area contributed by atoms with E-state index in [0.29, 0.717) is 44.0 Å². The van der Waals surface area contributed by atoms with E-state index in [0.717, 1.165) is 25.1 Å². The van der Waals surface area contributed by atoms with Gasteiger partial charge in [-0.3, -0.25) is 9.69 Å². The molecule has 1 saturated carbocycles. The van der Waals surface area contributed by atoms with Gasteiger partial charge in [0.05, 0.1) is 36.7 Å². The Labute approximate surface area is 156 Å². The maximum atomic E-state index is 13.1. The number of morpholine rings is 1. The van der Waals surface area contributed by atoms with Crippen molar-refractivity contribution in [2.75, 3.05) is 49.6 Å². The molecule has 3 fully saturated rings. The van der Waals surface area contributed by atoms with Gasteiger partial charge in [0.15, 0.2) is 0 Å². The molecule has 3 aliphatic rings. The number of amides is 1. The number of carbonyl (C=O) groups is 1. The smallest absolute Gasteiger partial charge is 0.378 e. The number of fused-ring (bicyclic) bond motifs is 1. The van der Waals surface area contributed by atoms with Gasteiger partial charge < -0.3 is 15.0 Å². The van der Waals surface area contributed by atoms with Gasteiger partial charge in [-0.05, 0) is 37.0 Å². The summed E-state index contributed by atoms with van der Waals surface area (Å²) in [6, 6.07) is 4.02. The van der Waals surface area contributed by atoms with Crippen molar-refractivity contribution >= 4 is 17.3 Å². The molecule has 1 aliphatic carbocycles. The predicted octanol–water partition coefficient (Wildman–Crippen LogP) is 2.96. The SMILES string of the molecule is O=C(CN1CC2CCCC21)Nc1cc(C(F)(F)F)ccc1N1CCOCC1. The molecule has 148 valence electrons. The predicted molar refractivity (Wildman–Crippen MR) is 95.8 cm³/mol. The van der Waals surface area contributed by atoms with Gasteiger partial charge in [-0.1, -0.05) is 6.42 Å². The highest BCUT2D eigenvalue weighted by Crippen LogP contribution is 2.39. The number of halogens is 3. The summed E-state index contributed by atoms with van der Waals surface area (Å²) in [6.07, 6.45) is -0.919. The second-order valence-corrected chi connectivity index (χ2v) is 7.57. The fourth-order valence-electron chi connectivity index (χ4n) is 4.46. The molecule has 0 spiro atoms. The van der Waals surface area contributed by atoms with Crippen molar-refractivity contribution in [3.05, 3.63) is 23.8 Å². The summed E-state index contributed by atoms with van der Waals surface area (Å²) in [5, 5.41) is 2.74. The number of rotatable bonds is 4. The number of nitrogens with one attached hydrogen (secondary N) is 1. The molecule has 5 nitrogen and oxygen atoms in total. The molecule has 2 unspecified atom stereocenters. The highest BCUT2D eigenvalue weighted by atomic mass is 19.4. The summed E-state index contributed by atoms with van der Waals surface area (Å²) in [4.78, 5) is 16.6. The molecule has 0 bridgehead atoms. The monoisotopic (exact) mass is 383 g/mol. The standard InChI is InChI=1S/C19H24F3N3O2/c20-19(21,22)14-4-5-17(24-6-8-27-9-7-24)15(10-14)23-18(26)12-25-11-13-2-1-3-16(13)25/h4-5,10,13,16H,1-3,6-9,11-12H2,(H,23,26). The van der Waals surface area contributed by atoms with Gasteiger partial charge in [-0.2, -0.15) is 13.2 Å². The maximum absolute atomic E-state index is 13.1. The molecule has 2 saturated heterocycles. The van der Waals surface area contributed by atoms with Crippen molar-refractivity contribution in [2.45, 2.75) is 31.5 Å². The Bertz CT molecular complexity index is 704. The fraction of sp³-hybridized carbons (Fsp3) is 0.632. The summed E-state index contributed by atoms with van der Waals surface area (Å²) in [7, 11) is 0. The fourth-order valence-corrected chi connectivity index (χ4v) is 4.46. The van der Waals surface area contributed by atoms with E-state index in [1.807, 2.05) is 4.90 Å². The third-order valence-corrected chi connectivity index (χ3v) is 5.85. The molecule has 27 heavy (non-hydrogen) atoms. The van der Waals surface area contributed by atoms with Crippen molar-refractivity contribution in [1.29, 1.82) is 0 Å². The number of nitrogens with zero attached hydrogens (tertiary/aromatic N) is 2. The average molecular weight is 383 g/mol. The molecule has 1 aromatic carbocycles. The Balaban J connectivity index is 1.50. The molecule has 1 N–H and O–H groups in total. The van der Waals surface area contributed by atoms with Gasteiger partial charge in [-0.15, -0.1) is 0 Å². The topological polar surface area (TPSA) is 44.8 Å². The van der Waals surface area contributed by atoms with Crippen LogP contribution in [0.1, 0.15) is 24.8 Å². The second kappa shape index (κ2) is 7.31. The van der Waals surface area contributed by atoms with E-state index in [1.165, 1.54) is 18.9 Å². The lowest BCUT2D eigenvalue weighted by Crippen LogP contribution is -2.55. The van der Waals surface area contributed by atoms with Crippen molar-refractivity contribution in [3.8, 4) is 0 Å². The number of likely N-dealkylation sites (tertiary alicyclic amines) is 1. The van der Waals surface area contributed by atoms with Gasteiger partial charge >= 0.3 is 6.18 Å². The zero-order valence-corrected chi connectivity index (χ0v) is 15.1. The minimum atomic E-state index is -4.45. The van der Waals surface area contributed by atoms with Crippen LogP contribution >= 0.6 is 0 Å². The van der Waals surface area contributed by atoms with Crippen LogP contribution in [-0.2, 0) is 15.7 Å². The number of alkyl halides is 3. The Hall–Kier alpha value is -1.80. The third kappa shape index (κ3) is 3.91. The zero-order valence-electron chi connectivity index (χ0n) is 15.1. The molecule has 0 aromatic heterocycles. The molecule has 4 rings (SSSR count). The minimum Gasteiger partial charge on any atom is -0.378 e. The Morgan fingerprint density at radius 2 is 2.00 bits per heavy atom. The summed E-state index contributed by atoms with van der Waals surface area (Å²) in [6.45, 7) is 3.36. The molecular weight excluding hydrogens is 359 g/mol. The molecule has 8 heteroatoms. The largest absolute Gasteiger partial charge is 0.416 e. The minimum absolute atomic E-state index is 0.222. The number of hydrogen-bond donors (Lipinski definition) is 1. The molecule has 2 heterocycles. The summed E-state index contributed by atoms with van der Waals surface area (Å²) in [5.41, 5.74) is 0.0804. The van der Waals surface area contributed by atoms with Crippen molar-refractivity contribution in [3.63, 3.8) is 0 Å². The van der Waals surface area contributed by atoms with Crippen molar-refractivity contribution in [2.24, 2.45) is 5.92 Å². The van der Waals surface area contributed by atoms with Gasteiger partial charge in [0.25, 0.3) is 0 Å². The van der Waals surface area contributed by atoms with E-state index in [4.69, 9.17) is 4.74 Å². The van der Waals surface area contributed by atoms with Gasteiger partial charge in [0, 0.05) is 25.7 Å². The van der Waals surface area contributed by atoms with Crippen LogP contribution in [0.25, 0.3) is 0 Å². The van der Waals surface area contributed by atoms with E-state index in [-0.39, 0.29) is 18.1 Å². The second-order valence-electron chi connectivity index (χ2n) is 7.57. The van der Waals surface area contributed by atoms with E-state index < -0.39 is 11.7 Å². The molecule has 2 atom stereocenters. The maximum Gasteiger partial charge on any atom is 0.416 e. The van der Waals surface area contributed by atoms with Gasteiger partial charge in [0.1, 0.15) is 0 Å². The Morgan fingerprint density at radius 3 is 2.70 bits per heavy atom. The van der Waals surface area contributed by atoms with Crippen LogP contribution in [0.3, 0.4) is 0 Å². The zero-order chi connectivity index (χ0) is 19.0. The van der Waals surface area contributed by atoms with Crippen molar-refractivity contribution in [1.82, 2.24) is 4.90 Å². The van der Waals surface area contributed by atoms with Crippen LogP contribution in [0.15, 0.2) is 18.2 Å². The molecule has 0 radical (unpaired) electrons. The van der Waals surface area contributed by atoms with Gasteiger partial charge in [-0.25, -0.2) is 0 Å². The first-order chi connectivity index (χ1) is 12.9. The highest BCUT2D eigenvalue weighted by molar-refractivity contribution is 5.96. The highest BCUT2D eigenvalue weighted by Gasteiger charge is 2.42. The molecule has 2 aliphatic heterocycles. The van der Waals surface area contributed by atoms with Crippen molar-refractivity contribution < 1.29 is 22.7 Å². The number of hydrogen-bond acceptors (Lipinski definition) is 4. The Kier molecular flexibility index (Phi) is 5.03. The van der Waals surface area contributed by atoms with E-state index >= 15 is 0 Å². The number of anilines is 2. The lowest BCUT2D eigenvalue weighted by Gasteiger charge is -2.44. The average Bonchev–Trinajstić information content (AvgIpc) is 3.00. The van der Waals surface area contributed by atoms with Crippen LogP contribution in [0.4, 0.5) is 24.5 Å². The number of ether oxygens (including phenoxy) is 1.